The van der Waals surface area contributed by atoms with Crippen molar-refractivity contribution in [1.29, 1.82) is 0 Å². The largest absolute Gasteiger partial charge is 0.467 e. The SMILES string of the molecule is Cl.OC(COCc1ccco1)CN1CCCC(c2noc(C3CC3)n2)C1. The van der Waals surface area contributed by atoms with Crippen LogP contribution in [0, 0.1) is 0 Å². The molecule has 0 bridgehead atoms. The fourth-order valence-corrected chi connectivity index (χ4v) is 3.38. The third-order valence-corrected chi connectivity index (χ3v) is 4.86. The topological polar surface area (TPSA) is 84.8 Å². The van der Waals surface area contributed by atoms with Gasteiger partial charge in [0.25, 0.3) is 0 Å². The van der Waals surface area contributed by atoms with Gasteiger partial charge in [0.05, 0.1) is 19.0 Å². The summed E-state index contributed by atoms with van der Waals surface area (Å²) < 4.78 is 16.1. The van der Waals surface area contributed by atoms with Crippen LogP contribution < -0.4 is 0 Å². The third-order valence-electron chi connectivity index (χ3n) is 4.86. The van der Waals surface area contributed by atoms with E-state index in [-0.39, 0.29) is 12.4 Å². The normalized spacial score (nSPS) is 22.1. The van der Waals surface area contributed by atoms with Crippen molar-refractivity contribution in [2.24, 2.45) is 0 Å². The second-order valence-electron chi connectivity index (χ2n) is 7.11. The molecule has 2 atom stereocenters. The number of aliphatic hydroxyl groups is 1. The van der Waals surface area contributed by atoms with Crippen molar-refractivity contribution in [2.45, 2.75) is 50.2 Å². The molecule has 2 aromatic heterocycles. The van der Waals surface area contributed by atoms with Crippen LogP contribution in [-0.4, -0.2) is 52.5 Å². The first-order valence-corrected chi connectivity index (χ1v) is 9.12. The van der Waals surface area contributed by atoms with Gasteiger partial charge in [-0.05, 0) is 44.4 Å². The molecule has 3 heterocycles. The van der Waals surface area contributed by atoms with Gasteiger partial charge in [-0.2, -0.15) is 4.98 Å². The van der Waals surface area contributed by atoms with Crippen LogP contribution >= 0.6 is 12.4 Å². The van der Waals surface area contributed by atoms with Crippen LogP contribution in [0.2, 0.25) is 0 Å². The Hall–Kier alpha value is -1.41. The molecular weight excluding hydrogens is 358 g/mol. The molecule has 1 saturated carbocycles. The van der Waals surface area contributed by atoms with Crippen LogP contribution in [0.1, 0.15) is 55.0 Å². The van der Waals surface area contributed by atoms with Crippen LogP contribution in [0.15, 0.2) is 27.3 Å². The quantitative estimate of drug-likeness (QED) is 0.750. The van der Waals surface area contributed by atoms with E-state index in [0.717, 1.165) is 43.4 Å². The van der Waals surface area contributed by atoms with E-state index in [1.54, 1.807) is 6.26 Å². The number of aliphatic hydroxyl groups excluding tert-OH is 1. The average molecular weight is 384 g/mol. The number of likely N-dealkylation sites (tertiary alicyclic amines) is 1. The van der Waals surface area contributed by atoms with E-state index in [4.69, 9.17) is 13.7 Å². The van der Waals surface area contributed by atoms with Crippen molar-refractivity contribution in [3.05, 3.63) is 35.9 Å². The van der Waals surface area contributed by atoms with E-state index in [1.165, 1.54) is 12.8 Å². The molecule has 8 heteroatoms. The number of piperidine rings is 1. The third kappa shape index (κ3) is 5.07. The summed E-state index contributed by atoms with van der Waals surface area (Å²) in [4.78, 5) is 6.85. The first-order chi connectivity index (χ1) is 12.3. The lowest BCUT2D eigenvalue weighted by Crippen LogP contribution is -2.41. The lowest BCUT2D eigenvalue weighted by atomic mass is 9.97. The molecule has 1 aliphatic heterocycles. The molecule has 4 rings (SSSR count). The number of nitrogens with zero attached hydrogens (tertiary/aromatic N) is 3. The minimum Gasteiger partial charge on any atom is -0.467 e. The number of rotatable bonds is 8. The summed E-state index contributed by atoms with van der Waals surface area (Å²) in [5.74, 6) is 3.19. The summed E-state index contributed by atoms with van der Waals surface area (Å²) in [5.41, 5.74) is 0. The number of halogens is 1. The molecule has 0 aromatic carbocycles. The monoisotopic (exact) mass is 383 g/mol. The summed E-state index contributed by atoms with van der Waals surface area (Å²) in [7, 11) is 0. The fourth-order valence-electron chi connectivity index (χ4n) is 3.38. The first kappa shape index (κ1) is 19.4. The Morgan fingerprint density at radius 3 is 2.96 bits per heavy atom. The standard InChI is InChI=1S/C18H25N3O4.ClH/c22-15(11-23-12-16-4-2-8-24-16)10-21-7-1-3-14(9-21)17-19-18(25-20-17)13-5-6-13;/h2,4,8,13-15,22H,1,3,5-7,9-12H2;1H. The minimum atomic E-state index is -0.513. The van der Waals surface area contributed by atoms with Gasteiger partial charge in [0, 0.05) is 24.9 Å². The molecule has 1 saturated heterocycles. The lowest BCUT2D eigenvalue weighted by molar-refractivity contribution is 0.00104. The van der Waals surface area contributed by atoms with Crippen LogP contribution in [0.5, 0.6) is 0 Å². The predicted molar refractivity (Wildman–Crippen MR) is 96.3 cm³/mol. The molecule has 2 unspecified atom stereocenters. The summed E-state index contributed by atoms with van der Waals surface area (Å²) >= 11 is 0. The predicted octanol–water partition coefficient (Wildman–Crippen LogP) is 2.72. The Morgan fingerprint density at radius 1 is 1.31 bits per heavy atom. The zero-order chi connectivity index (χ0) is 17.1. The minimum absolute atomic E-state index is 0. The molecule has 0 radical (unpaired) electrons. The Morgan fingerprint density at radius 2 is 2.19 bits per heavy atom. The molecule has 7 nitrogen and oxygen atoms in total. The maximum absolute atomic E-state index is 10.2. The van der Waals surface area contributed by atoms with E-state index in [2.05, 4.69) is 15.0 Å². The number of hydrogen-bond donors (Lipinski definition) is 1. The number of ether oxygens (including phenoxy) is 1. The lowest BCUT2D eigenvalue weighted by Gasteiger charge is -2.32. The Kier molecular flexibility index (Phi) is 6.69. The maximum atomic E-state index is 10.2. The second kappa shape index (κ2) is 8.99. The second-order valence-corrected chi connectivity index (χ2v) is 7.11. The van der Waals surface area contributed by atoms with Crippen molar-refractivity contribution in [3.63, 3.8) is 0 Å². The molecule has 144 valence electrons. The van der Waals surface area contributed by atoms with E-state index >= 15 is 0 Å². The van der Waals surface area contributed by atoms with Crippen molar-refractivity contribution in [2.75, 3.05) is 26.2 Å². The summed E-state index contributed by atoms with van der Waals surface area (Å²) in [6, 6.07) is 3.69. The molecule has 1 aliphatic carbocycles. The number of furan rings is 1. The summed E-state index contributed by atoms with van der Waals surface area (Å²) in [6.45, 7) is 3.13. The van der Waals surface area contributed by atoms with Gasteiger partial charge in [0.15, 0.2) is 5.82 Å². The van der Waals surface area contributed by atoms with Gasteiger partial charge in [-0.3, -0.25) is 4.90 Å². The highest BCUT2D eigenvalue weighted by Gasteiger charge is 2.32. The highest BCUT2D eigenvalue weighted by molar-refractivity contribution is 5.85. The van der Waals surface area contributed by atoms with Crippen molar-refractivity contribution in [1.82, 2.24) is 15.0 Å². The zero-order valence-corrected chi connectivity index (χ0v) is 15.6. The number of aromatic nitrogens is 2. The highest BCUT2D eigenvalue weighted by atomic mass is 35.5. The molecule has 2 aliphatic rings. The summed E-state index contributed by atoms with van der Waals surface area (Å²) in [5, 5.41) is 14.4. The van der Waals surface area contributed by atoms with Crippen molar-refractivity contribution in [3.8, 4) is 0 Å². The van der Waals surface area contributed by atoms with E-state index < -0.39 is 6.10 Å². The van der Waals surface area contributed by atoms with Crippen LogP contribution in [0.3, 0.4) is 0 Å². The molecule has 2 aromatic rings. The Bertz CT molecular complexity index is 659. The van der Waals surface area contributed by atoms with Gasteiger partial charge < -0.3 is 18.8 Å². The van der Waals surface area contributed by atoms with E-state index in [0.29, 0.717) is 31.6 Å². The first-order valence-electron chi connectivity index (χ1n) is 9.12. The Balaban J connectivity index is 0.00000196. The molecule has 1 N–H and O–H groups in total. The van der Waals surface area contributed by atoms with Crippen molar-refractivity contribution < 1.29 is 18.8 Å². The van der Waals surface area contributed by atoms with Crippen LogP contribution in [0.4, 0.5) is 0 Å². The summed E-state index contributed by atoms with van der Waals surface area (Å²) in [6.07, 6.45) is 5.60. The van der Waals surface area contributed by atoms with Gasteiger partial charge in [-0.1, -0.05) is 5.16 Å². The number of β-amino-alcohol motifs (C(OH)–C–C–N with tert-alkyl or cyclic N) is 1. The Labute approximate surface area is 159 Å². The molecule has 2 fully saturated rings. The zero-order valence-electron chi connectivity index (χ0n) is 14.7. The van der Waals surface area contributed by atoms with Gasteiger partial charge in [0.1, 0.15) is 12.4 Å². The van der Waals surface area contributed by atoms with Gasteiger partial charge >= 0.3 is 0 Å². The van der Waals surface area contributed by atoms with Gasteiger partial charge in [-0.25, -0.2) is 0 Å². The van der Waals surface area contributed by atoms with Gasteiger partial charge in [-0.15, -0.1) is 12.4 Å². The van der Waals surface area contributed by atoms with Crippen LogP contribution in [-0.2, 0) is 11.3 Å². The molecule has 26 heavy (non-hydrogen) atoms. The van der Waals surface area contributed by atoms with E-state index in [1.807, 2.05) is 12.1 Å². The highest BCUT2D eigenvalue weighted by Crippen LogP contribution is 2.39. The van der Waals surface area contributed by atoms with E-state index in [9.17, 15) is 5.11 Å². The molecular formula is C18H26ClN3O4. The molecule has 0 amide bonds. The van der Waals surface area contributed by atoms with Crippen molar-refractivity contribution >= 4 is 12.4 Å². The smallest absolute Gasteiger partial charge is 0.229 e. The number of hydrogen-bond acceptors (Lipinski definition) is 7. The maximum Gasteiger partial charge on any atom is 0.229 e. The fraction of sp³-hybridized carbons (Fsp3) is 0.667. The van der Waals surface area contributed by atoms with Gasteiger partial charge in [0.2, 0.25) is 5.89 Å². The molecule has 0 spiro atoms. The van der Waals surface area contributed by atoms with Crippen LogP contribution in [0.25, 0.3) is 0 Å². The average Bonchev–Trinajstić information content (AvgIpc) is 3.12.